The van der Waals surface area contributed by atoms with Gasteiger partial charge in [0, 0.05) is 87.9 Å². The number of furan rings is 5. The van der Waals surface area contributed by atoms with Gasteiger partial charge in [0.1, 0.15) is 71.1 Å². The number of hydrogen-bond acceptors (Lipinski definition) is 20. The fraction of sp³-hybridized carbons (Fsp3) is 0.308. The molecule has 0 spiro atoms. The first-order valence-corrected chi connectivity index (χ1v) is 48.3. The molecular weight excluding hydrogens is 1750 g/mol. The SMILES string of the molecule is CN(C)S(=O)(=O)c1ccc(CN2CCCCCC2/C=C/c2ccccc2)o1.CN(Cc1ccc(S(=O)(=O)N(C)C)o1)c1ccccc1-c1ccccc1.COC(=O)C(NCc1ccc(-c2ccc(Cl)cc2)o1)c1ccccc1.COc1ccc(N(C(=O)c2ccc(COc3ccccc3)o2)C(C)C2CC2)cc1.Cc1ccc(OCc2ccc(C(=O)N(CCC#N)CC3CCC3)o2)c(C)c1. The van der Waals surface area contributed by atoms with E-state index in [-0.39, 0.29) is 47.2 Å². The molecule has 16 rings (SSSR count). The summed E-state index contributed by atoms with van der Waals surface area (Å²) >= 11 is 5.91. The van der Waals surface area contributed by atoms with Crippen LogP contribution in [0.2, 0.25) is 5.02 Å². The van der Waals surface area contributed by atoms with E-state index >= 15 is 0 Å². The number of esters is 1. The summed E-state index contributed by atoms with van der Waals surface area (Å²) < 4.78 is 101. The number of carbonyl (C=O) groups excluding carboxylic acids is 3. The number of para-hydroxylation sites is 2. The fourth-order valence-electron chi connectivity index (χ4n) is 15.4. The predicted octanol–water partition coefficient (Wildman–Crippen LogP) is 22.4. The quantitative estimate of drug-likeness (QED) is 0.0367. The van der Waals surface area contributed by atoms with E-state index in [1.807, 2.05) is 219 Å². The van der Waals surface area contributed by atoms with Crippen molar-refractivity contribution < 1.29 is 72.3 Å². The van der Waals surface area contributed by atoms with Gasteiger partial charge in [-0.1, -0.05) is 188 Å². The number of amides is 2. The first-order valence-electron chi connectivity index (χ1n) is 45.0. The number of likely N-dealkylation sites (tertiary alicyclic amines) is 1. The van der Waals surface area contributed by atoms with Gasteiger partial charge in [-0.3, -0.25) is 19.8 Å². The molecule has 24 nitrogen and oxygen atoms in total. The van der Waals surface area contributed by atoms with Crippen LogP contribution in [0.4, 0.5) is 11.4 Å². The summed E-state index contributed by atoms with van der Waals surface area (Å²) in [6, 6.07) is 87.9. The topological polar surface area (TPSA) is 277 Å². The molecule has 1 saturated heterocycles. The molecule has 5 aromatic heterocycles. The van der Waals surface area contributed by atoms with Crippen LogP contribution in [-0.4, -0.2) is 134 Å². The summed E-state index contributed by atoms with van der Waals surface area (Å²) in [6.07, 6.45) is 15.3. The lowest BCUT2D eigenvalue weighted by atomic mass is 9.85. The maximum atomic E-state index is 13.3. The maximum Gasteiger partial charge on any atom is 0.327 e. The summed E-state index contributed by atoms with van der Waals surface area (Å²) in [5, 5.41) is 12.7. The molecule has 0 radical (unpaired) electrons. The van der Waals surface area contributed by atoms with Crippen molar-refractivity contribution in [1.29, 1.82) is 5.26 Å². The monoisotopic (exact) mass is 1870 g/mol. The second kappa shape index (κ2) is 49.1. The van der Waals surface area contributed by atoms with E-state index in [1.165, 1.54) is 76.1 Å². The minimum atomic E-state index is -3.56. The van der Waals surface area contributed by atoms with Crippen LogP contribution in [0.3, 0.4) is 0 Å². The van der Waals surface area contributed by atoms with E-state index in [0.29, 0.717) is 96.6 Å². The molecule has 3 unspecified atom stereocenters. The van der Waals surface area contributed by atoms with Crippen molar-refractivity contribution >= 4 is 66.9 Å². The summed E-state index contributed by atoms with van der Waals surface area (Å²) in [7, 11) is 3.88. The third kappa shape index (κ3) is 28.5. The van der Waals surface area contributed by atoms with Gasteiger partial charge < -0.3 is 55.7 Å². The standard InChI is InChI=1S/C24H25NO4.C22H26N2O3.C21H28N2O3S.C20H18ClNO3.C20H22N2O3S/c1-17(18-8-9-18)25(19-10-12-20(27-2)13-11-19)24(26)23-15-14-22(29-23)16-28-21-6-4-3-5-7-21;1-16-7-9-20(17(2)13-16)26-15-19-8-10-21(27-19)22(25)24(12-4-11-23)14-18-5-3-6-18;1-22(2)27(24,25)21-15-14-20(26-21)17-23-16-8-4-7-11-19(23)13-12-18-9-5-3-6-10-18;1-24-20(23)19(15-5-3-2-4-6-15)22-13-17-11-12-18(25-17)14-7-9-16(21)10-8-14;1-21(2)26(23,24)20-14-13-17(25-20)15-22(3)19-12-8-7-11-18(19)16-9-5-4-6-10-16/h3-7,10-15,17-18H,8-9,16H2,1-2H3;7-10,13,18H,3-6,12,14-15H2,1-2H3;3,5-6,9-10,12-15,19H,4,7-8,11,16-17H2,1-2H3;2-12,19,22H,13H2,1H3;4-14H,15H2,1-3H3/b;;13-12+;;. The van der Waals surface area contributed by atoms with Crippen LogP contribution in [0.15, 0.2) is 311 Å². The Hall–Kier alpha value is -13.0. The highest BCUT2D eigenvalue weighted by Gasteiger charge is 2.37. The van der Waals surface area contributed by atoms with Gasteiger partial charge in [-0.2, -0.15) is 5.26 Å². The van der Waals surface area contributed by atoms with Crippen LogP contribution in [-0.2, 0) is 62.4 Å². The molecule has 2 amide bonds. The second-order valence-electron chi connectivity index (χ2n) is 33.5. The van der Waals surface area contributed by atoms with Crippen molar-refractivity contribution in [3.63, 3.8) is 0 Å². The normalized spacial score (nSPS) is 14.3. The zero-order chi connectivity index (χ0) is 95.1. The molecule has 27 heteroatoms. The number of carbonyl (C=O) groups is 3. The van der Waals surface area contributed by atoms with E-state index in [1.54, 1.807) is 54.5 Å². The number of nitrogens with zero attached hydrogens (tertiary/aromatic N) is 7. The molecular formula is C107H119ClN8O16S2. The zero-order valence-electron chi connectivity index (χ0n) is 77.6. The minimum absolute atomic E-state index is 0.00806. The van der Waals surface area contributed by atoms with Crippen LogP contribution >= 0.6 is 11.6 Å². The lowest BCUT2D eigenvalue weighted by Gasteiger charge is -2.31. The Kier molecular flexibility index (Phi) is 36.7. The van der Waals surface area contributed by atoms with Gasteiger partial charge in [-0.05, 0) is 233 Å². The average molecular weight is 1870 g/mol. The number of hydrogen-bond donors (Lipinski definition) is 1. The largest absolute Gasteiger partial charge is 0.497 e. The van der Waals surface area contributed by atoms with Gasteiger partial charge in [0.05, 0.1) is 46.3 Å². The number of nitriles is 1. The predicted molar refractivity (Wildman–Crippen MR) is 522 cm³/mol. The van der Waals surface area contributed by atoms with E-state index in [4.69, 9.17) is 57.9 Å². The molecule has 8 aromatic carbocycles. The Morgan fingerprint density at radius 1 is 0.567 bits per heavy atom. The molecule has 0 bridgehead atoms. The minimum Gasteiger partial charge on any atom is -0.497 e. The molecule has 134 heavy (non-hydrogen) atoms. The molecule has 13 aromatic rings. The van der Waals surface area contributed by atoms with Gasteiger partial charge in [-0.15, -0.1) is 0 Å². The molecule has 3 aliphatic rings. The van der Waals surface area contributed by atoms with Crippen molar-refractivity contribution in [2.24, 2.45) is 11.8 Å². The zero-order valence-corrected chi connectivity index (χ0v) is 80.0. The van der Waals surface area contributed by atoms with Crippen molar-refractivity contribution in [2.75, 3.05) is 78.9 Å². The van der Waals surface area contributed by atoms with Crippen LogP contribution in [0.25, 0.3) is 28.5 Å². The highest BCUT2D eigenvalue weighted by molar-refractivity contribution is 7.89. The van der Waals surface area contributed by atoms with Gasteiger partial charge in [-0.25, -0.2) is 30.2 Å². The maximum absolute atomic E-state index is 13.3. The Morgan fingerprint density at radius 2 is 1.16 bits per heavy atom. The smallest absolute Gasteiger partial charge is 0.327 e. The number of ether oxygens (including phenoxy) is 4. The van der Waals surface area contributed by atoms with Crippen LogP contribution in [0, 0.1) is 37.0 Å². The number of nitrogens with one attached hydrogen (secondary N) is 1. The molecule has 6 heterocycles. The van der Waals surface area contributed by atoms with Gasteiger partial charge in [0.15, 0.2) is 11.5 Å². The number of benzene rings is 8. The third-order valence-corrected chi connectivity index (χ3v) is 26.9. The van der Waals surface area contributed by atoms with Crippen LogP contribution in [0.5, 0.6) is 17.2 Å². The van der Waals surface area contributed by atoms with Gasteiger partial charge in [0.2, 0.25) is 10.2 Å². The Labute approximate surface area is 792 Å². The van der Waals surface area contributed by atoms with E-state index < -0.39 is 26.1 Å². The fourth-order valence-corrected chi connectivity index (χ4v) is 17.1. The number of methoxy groups -OCH3 is 2. The van der Waals surface area contributed by atoms with Crippen molar-refractivity contribution in [3.05, 3.63) is 347 Å². The molecule has 2 aliphatic carbocycles. The van der Waals surface area contributed by atoms with E-state index in [2.05, 4.69) is 71.8 Å². The summed E-state index contributed by atoms with van der Waals surface area (Å²) in [6.45, 7) is 10.3. The molecule has 3 fully saturated rings. The Balaban J connectivity index is 0.000000151. The molecule has 1 aliphatic heterocycles. The van der Waals surface area contributed by atoms with Crippen LogP contribution < -0.4 is 29.3 Å². The molecule has 1 N–H and O–H groups in total. The van der Waals surface area contributed by atoms with Gasteiger partial charge in [0.25, 0.3) is 31.9 Å². The van der Waals surface area contributed by atoms with Crippen molar-refractivity contribution in [2.45, 2.75) is 146 Å². The number of rotatable bonds is 34. The highest BCUT2D eigenvalue weighted by atomic mass is 35.5. The van der Waals surface area contributed by atoms with E-state index in [9.17, 15) is 31.2 Å². The molecule has 2 saturated carbocycles. The summed E-state index contributed by atoms with van der Waals surface area (Å²) in [5.74, 6) is 7.42. The first kappa shape index (κ1) is 100. The molecule has 702 valence electrons. The first-order chi connectivity index (χ1) is 64.7. The lowest BCUT2D eigenvalue weighted by molar-refractivity contribution is -0.143. The lowest BCUT2D eigenvalue weighted by Crippen LogP contribution is -2.40. The summed E-state index contributed by atoms with van der Waals surface area (Å²) in [4.78, 5) is 46.2. The van der Waals surface area contributed by atoms with Crippen molar-refractivity contribution in [3.8, 4) is 45.8 Å². The number of aryl methyl sites for hydroxylation is 2. The number of anilines is 2. The Bertz CT molecular complexity index is 6190. The van der Waals surface area contributed by atoms with Crippen molar-refractivity contribution in [1.82, 2.24) is 23.7 Å². The number of halogens is 1. The second-order valence-corrected chi connectivity index (χ2v) is 38.1. The molecule has 3 atom stereocenters. The van der Waals surface area contributed by atoms with E-state index in [0.717, 1.165) is 117 Å². The van der Waals surface area contributed by atoms with Crippen LogP contribution in [0.1, 0.15) is 149 Å². The Morgan fingerprint density at radius 3 is 1.77 bits per heavy atom. The third-order valence-electron chi connectivity index (χ3n) is 23.3. The average Bonchev–Trinajstić information content (AvgIpc) is 1.63. The summed E-state index contributed by atoms with van der Waals surface area (Å²) in [5.41, 5.74) is 9.38. The highest BCUT2D eigenvalue weighted by Crippen LogP contribution is 2.39. The van der Waals surface area contributed by atoms with Gasteiger partial charge >= 0.3 is 5.97 Å². The number of sulfonamides is 2.